The van der Waals surface area contributed by atoms with Crippen LogP contribution in [0.4, 0.5) is 11.6 Å². The Bertz CT molecular complexity index is 2600. The van der Waals surface area contributed by atoms with Crippen LogP contribution in [-0.2, 0) is 22.9 Å². The zero-order valence-corrected chi connectivity index (χ0v) is 44.5. The van der Waals surface area contributed by atoms with Gasteiger partial charge >= 0.3 is 0 Å². The highest BCUT2D eigenvalue weighted by atomic mass is 127. The van der Waals surface area contributed by atoms with Gasteiger partial charge in [0.2, 0.25) is 0 Å². The van der Waals surface area contributed by atoms with Crippen molar-refractivity contribution in [1.82, 2.24) is 39.3 Å². The highest BCUT2D eigenvalue weighted by Gasteiger charge is 2.41. The molecular formula is C47H65Cl2IN10O2Si2. The summed E-state index contributed by atoms with van der Waals surface area (Å²) in [5.41, 5.74) is 6.11. The zero-order valence-electron chi connectivity index (χ0n) is 38.8. The Balaban J connectivity index is 0.000000170. The molecule has 17 heteroatoms. The first-order chi connectivity index (χ1) is 30.5. The van der Waals surface area contributed by atoms with Gasteiger partial charge in [0.1, 0.15) is 41.3 Å². The molecule has 0 saturated carbocycles. The number of hydrogen-bond donors (Lipinski definition) is 1. The predicted octanol–water partition coefficient (Wildman–Crippen LogP) is 12.5. The standard InChI is InChI=1S/C27H34Cl2N6OSi.C20H31IN4OSi/c1-16-11-17-5-6-18(12-16)35(17)22-13-30-25-20(19-7-8-21-23(24(19)28)26(29)33-32-21)14-34(27(25)31-22)15-36-9-10-37(2,3)4;1-14-9-15-5-6-16(10-14)25(15)18-11-22-19-17(21)12-24(20(19)23-18)13-26-7-8-27(2,3)4/h7-8,13-14,16-18H,5-6,9-12,15H2,1-4H3,(H,32,33);11-12,14-16H,5-10,13H2,1-4H3/t16?,17-,18+;14?,15-,16+. The van der Waals surface area contributed by atoms with Crippen molar-refractivity contribution in [3.05, 3.63) is 50.7 Å². The number of anilines is 2. The molecule has 5 aromatic heterocycles. The topological polar surface area (TPSA) is 115 Å². The maximum Gasteiger partial charge on any atom is 0.164 e. The van der Waals surface area contributed by atoms with Gasteiger partial charge in [-0.25, -0.2) is 19.9 Å². The zero-order chi connectivity index (χ0) is 45.1. The van der Waals surface area contributed by atoms with Gasteiger partial charge in [0.05, 0.1) is 31.9 Å². The Morgan fingerprint density at radius 2 is 1.17 bits per heavy atom. The van der Waals surface area contributed by atoms with E-state index in [4.69, 9.17) is 52.6 Å². The van der Waals surface area contributed by atoms with E-state index in [0.717, 1.165) is 90.7 Å². The Kier molecular flexibility index (Phi) is 13.5. The molecule has 2 unspecified atom stereocenters. The number of rotatable bonds is 13. The van der Waals surface area contributed by atoms with E-state index in [1.807, 2.05) is 24.5 Å². The van der Waals surface area contributed by atoms with E-state index in [1.165, 1.54) is 57.4 Å². The van der Waals surface area contributed by atoms with E-state index >= 15 is 0 Å². The number of nitrogens with one attached hydrogen (secondary N) is 1. The van der Waals surface area contributed by atoms with Gasteiger partial charge in [0.15, 0.2) is 11.3 Å². The highest BCUT2D eigenvalue weighted by molar-refractivity contribution is 14.1. The van der Waals surface area contributed by atoms with Crippen LogP contribution in [0.1, 0.15) is 65.2 Å². The fraction of sp³-hybridized carbons (Fsp3) is 0.596. The van der Waals surface area contributed by atoms with Crippen LogP contribution in [0.2, 0.25) is 61.5 Å². The molecule has 4 fully saturated rings. The minimum Gasteiger partial charge on any atom is -0.361 e. The summed E-state index contributed by atoms with van der Waals surface area (Å²) in [6, 6.07) is 8.60. The second kappa shape index (κ2) is 18.7. The van der Waals surface area contributed by atoms with Crippen LogP contribution in [0.15, 0.2) is 36.9 Å². The molecule has 0 amide bonds. The molecule has 12 nitrogen and oxygen atoms in total. The molecule has 6 aromatic rings. The van der Waals surface area contributed by atoms with E-state index in [0.29, 0.717) is 47.8 Å². The van der Waals surface area contributed by atoms with Crippen molar-refractivity contribution in [2.45, 2.75) is 154 Å². The predicted molar refractivity (Wildman–Crippen MR) is 276 cm³/mol. The summed E-state index contributed by atoms with van der Waals surface area (Å²) in [4.78, 5) is 25.1. The fourth-order valence-corrected chi connectivity index (χ4v) is 13.5. The van der Waals surface area contributed by atoms with Crippen LogP contribution in [0.5, 0.6) is 0 Å². The number of halogens is 3. The first-order valence-corrected chi connectivity index (χ1v) is 32.7. The Morgan fingerprint density at radius 3 is 1.69 bits per heavy atom. The lowest BCUT2D eigenvalue weighted by Gasteiger charge is -2.38. The van der Waals surface area contributed by atoms with E-state index in [1.54, 1.807) is 0 Å². The van der Waals surface area contributed by atoms with Crippen LogP contribution in [0.3, 0.4) is 0 Å². The Labute approximate surface area is 403 Å². The Hall–Kier alpha value is -2.81. The van der Waals surface area contributed by atoms with Crippen molar-refractivity contribution < 1.29 is 9.47 Å². The van der Waals surface area contributed by atoms with Gasteiger partial charge in [-0.15, -0.1) is 0 Å². The summed E-state index contributed by atoms with van der Waals surface area (Å²) in [6.07, 6.45) is 18.2. The highest BCUT2D eigenvalue weighted by Crippen LogP contribution is 2.44. The molecule has 1 aromatic carbocycles. The van der Waals surface area contributed by atoms with Crippen molar-refractivity contribution in [2.75, 3.05) is 23.0 Å². The second-order valence-electron chi connectivity index (χ2n) is 21.6. The first-order valence-electron chi connectivity index (χ1n) is 23.4. The monoisotopic (exact) mass is 1050 g/mol. The maximum absolute atomic E-state index is 6.89. The molecular weight excluding hydrogens is 991 g/mol. The molecule has 9 heterocycles. The number of benzene rings is 1. The summed E-state index contributed by atoms with van der Waals surface area (Å²) in [5, 5.41) is 8.78. The number of ether oxygens (including phenoxy) is 2. The van der Waals surface area contributed by atoms with Gasteiger partial charge in [-0.1, -0.05) is 82.4 Å². The van der Waals surface area contributed by atoms with Gasteiger partial charge in [-0.3, -0.25) is 5.10 Å². The van der Waals surface area contributed by atoms with Gasteiger partial charge in [-0.2, -0.15) is 5.10 Å². The van der Waals surface area contributed by atoms with Gasteiger partial charge < -0.3 is 28.4 Å². The van der Waals surface area contributed by atoms with Crippen LogP contribution in [0.25, 0.3) is 44.4 Å². The molecule has 6 atom stereocenters. The smallest absolute Gasteiger partial charge is 0.164 e. The first kappa shape index (κ1) is 46.3. The van der Waals surface area contributed by atoms with Crippen LogP contribution < -0.4 is 9.80 Å². The molecule has 64 heavy (non-hydrogen) atoms. The molecule has 1 N–H and O–H groups in total. The second-order valence-corrected chi connectivity index (χ2v) is 34.7. The van der Waals surface area contributed by atoms with Gasteiger partial charge in [-0.05, 0) is 104 Å². The normalized spacial score (nSPS) is 23.5. The quantitative estimate of drug-likeness (QED) is 0.0686. The third kappa shape index (κ3) is 9.78. The van der Waals surface area contributed by atoms with Crippen LogP contribution in [0, 0.1) is 15.4 Å². The van der Waals surface area contributed by atoms with E-state index in [9.17, 15) is 0 Å². The lowest BCUT2D eigenvalue weighted by Crippen LogP contribution is -2.43. The molecule has 344 valence electrons. The Morgan fingerprint density at radius 1 is 0.688 bits per heavy atom. The van der Waals surface area contributed by atoms with E-state index in [2.05, 4.69) is 117 Å². The van der Waals surface area contributed by atoms with Gasteiger partial charge in [0.25, 0.3) is 0 Å². The van der Waals surface area contributed by atoms with E-state index in [-0.39, 0.29) is 0 Å². The molecule has 0 aliphatic carbocycles. The molecule has 10 rings (SSSR count). The summed E-state index contributed by atoms with van der Waals surface area (Å²) in [5.74, 6) is 3.63. The van der Waals surface area contributed by atoms with Crippen molar-refractivity contribution in [1.29, 1.82) is 0 Å². The number of aromatic amines is 1. The van der Waals surface area contributed by atoms with Crippen molar-refractivity contribution in [2.24, 2.45) is 11.8 Å². The average molecular weight is 1060 g/mol. The van der Waals surface area contributed by atoms with Crippen molar-refractivity contribution in [3.63, 3.8) is 0 Å². The minimum absolute atomic E-state index is 0.426. The molecule has 0 spiro atoms. The number of fused-ring (bicyclic) bond motifs is 7. The minimum atomic E-state index is -1.18. The largest absolute Gasteiger partial charge is 0.361 e. The molecule has 4 aliphatic heterocycles. The summed E-state index contributed by atoms with van der Waals surface area (Å²) < 4.78 is 17.5. The van der Waals surface area contributed by atoms with E-state index < -0.39 is 16.1 Å². The van der Waals surface area contributed by atoms with Crippen LogP contribution in [-0.4, -0.2) is 92.8 Å². The molecule has 4 saturated heterocycles. The molecule has 4 aliphatic rings. The number of aromatic nitrogens is 8. The summed E-state index contributed by atoms with van der Waals surface area (Å²) >= 11 is 15.6. The van der Waals surface area contributed by atoms with Gasteiger partial charge in [0, 0.05) is 77.0 Å². The third-order valence-corrected chi connectivity index (χ3v) is 18.8. The maximum atomic E-state index is 6.89. The average Bonchev–Trinajstić information content (AvgIpc) is 4.02. The molecule has 0 radical (unpaired) electrons. The molecule has 4 bridgehead atoms. The van der Waals surface area contributed by atoms with Crippen LogP contribution >= 0.6 is 45.8 Å². The fourth-order valence-electron chi connectivity index (χ4n) is 10.6. The lowest BCUT2D eigenvalue weighted by atomic mass is 9.92. The number of piperidine rings is 2. The summed E-state index contributed by atoms with van der Waals surface area (Å²) in [7, 11) is -2.24. The van der Waals surface area contributed by atoms with Crippen molar-refractivity contribution >= 4 is 107 Å². The SMILES string of the molecule is CC1C[C@H]2CC[C@@H](C1)N2c1cnc2c(-c3ccc4n[nH]c(Cl)c4c3Cl)cn(COCC[Si](C)(C)C)c2n1.CC1C[C@H]2CC[C@@H](C1)N2c1cnc2c(I)cn(COCC[Si](C)(C)C)c2n1. The number of hydrogen-bond acceptors (Lipinski definition) is 9. The number of H-pyrrole nitrogens is 1. The lowest BCUT2D eigenvalue weighted by molar-refractivity contribution is 0.0897. The number of nitrogens with zero attached hydrogens (tertiary/aromatic N) is 9. The third-order valence-electron chi connectivity index (χ3n) is 13.9. The summed E-state index contributed by atoms with van der Waals surface area (Å²) in [6.45, 7) is 21.6. The van der Waals surface area contributed by atoms with Crippen molar-refractivity contribution in [3.8, 4) is 11.1 Å².